The van der Waals surface area contributed by atoms with E-state index in [1.807, 2.05) is 0 Å². The highest BCUT2D eigenvalue weighted by molar-refractivity contribution is 7.89. The number of amides is 2. The molecular formula is C18H26ClN3O5S. The summed E-state index contributed by atoms with van der Waals surface area (Å²) in [5.41, 5.74) is 0. The number of nitrogens with one attached hydrogen (secondary N) is 2. The third kappa shape index (κ3) is 6.16. The highest BCUT2D eigenvalue weighted by Gasteiger charge is 2.33. The van der Waals surface area contributed by atoms with Gasteiger partial charge in [0.05, 0.1) is 11.5 Å². The number of benzene rings is 1. The molecule has 1 aromatic rings. The second kappa shape index (κ2) is 10.8. The van der Waals surface area contributed by atoms with Crippen LogP contribution in [-0.4, -0.2) is 63.9 Å². The van der Waals surface area contributed by atoms with Gasteiger partial charge >= 0.3 is 11.8 Å². The Morgan fingerprint density at radius 2 is 1.79 bits per heavy atom. The Morgan fingerprint density at radius 3 is 2.43 bits per heavy atom. The zero-order chi connectivity index (χ0) is 20.6. The van der Waals surface area contributed by atoms with Crippen molar-refractivity contribution in [1.29, 1.82) is 0 Å². The van der Waals surface area contributed by atoms with Crippen LogP contribution in [0.5, 0.6) is 0 Å². The number of hydrogen-bond acceptors (Lipinski definition) is 5. The van der Waals surface area contributed by atoms with Gasteiger partial charge in [-0.25, -0.2) is 8.42 Å². The third-order valence-corrected chi connectivity index (χ3v) is 6.77. The van der Waals surface area contributed by atoms with E-state index in [9.17, 15) is 18.0 Å². The van der Waals surface area contributed by atoms with Gasteiger partial charge in [-0.15, -0.1) is 0 Å². The number of carbonyl (C=O) groups excluding carboxylic acids is 2. The molecule has 1 atom stereocenters. The maximum absolute atomic E-state index is 13.0. The Balaban J connectivity index is 1.93. The summed E-state index contributed by atoms with van der Waals surface area (Å²) in [5, 5.41) is 5.46. The molecule has 1 fully saturated rings. The van der Waals surface area contributed by atoms with E-state index in [0.717, 1.165) is 12.8 Å². The number of nitrogens with zero attached hydrogens (tertiary/aromatic N) is 1. The molecule has 1 aromatic carbocycles. The molecule has 10 heteroatoms. The van der Waals surface area contributed by atoms with Crippen LogP contribution in [0.2, 0.25) is 5.02 Å². The molecule has 0 unspecified atom stereocenters. The minimum atomic E-state index is -3.64. The van der Waals surface area contributed by atoms with Gasteiger partial charge in [0.1, 0.15) is 0 Å². The van der Waals surface area contributed by atoms with Crippen molar-refractivity contribution in [2.24, 2.45) is 0 Å². The summed E-state index contributed by atoms with van der Waals surface area (Å²) in [6.07, 6.45) is 2.85. The molecule has 0 radical (unpaired) electrons. The lowest BCUT2D eigenvalue weighted by Gasteiger charge is -2.34. The molecule has 0 saturated carbocycles. The zero-order valence-electron chi connectivity index (χ0n) is 15.8. The lowest BCUT2D eigenvalue weighted by Crippen LogP contribution is -2.46. The number of carbonyl (C=O) groups is 2. The van der Waals surface area contributed by atoms with E-state index in [2.05, 4.69) is 10.6 Å². The molecule has 0 aliphatic carbocycles. The van der Waals surface area contributed by atoms with Crippen LogP contribution in [0.4, 0.5) is 0 Å². The maximum atomic E-state index is 13.0. The van der Waals surface area contributed by atoms with Gasteiger partial charge in [-0.05, 0) is 43.5 Å². The van der Waals surface area contributed by atoms with Crippen molar-refractivity contribution in [3.63, 3.8) is 0 Å². The SMILES string of the molecule is COCCNC(=O)C(=O)NCC[C@H]1CCCCN1S(=O)(=O)c1ccc(Cl)cc1. The van der Waals surface area contributed by atoms with Crippen molar-refractivity contribution in [1.82, 2.24) is 14.9 Å². The molecule has 2 N–H and O–H groups in total. The van der Waals surface area contributed by atoms with E-state index in [-0.39, 0.29) is 24.0 Å². The second-order valence-corrected chi connectivity index (χ2v) is 8.84. The first kappa shape index (κ1) is 22.6. The number of piperidine rings is 1. The van der Waals surface area contributed by atoms with Gasteiger partial charge in [-0.2, -0.15) is 4.31 Å². The van der Waals surface area contributed by atoms with Crippen LogP contribution < -0.4 is 10.6 Å². The molecular weight excluding hydrogens is 406 g/mol. The normalized spacial score (nSPS) is 17.9. The second-order valence-electron chi connectivity index (χ2n) is 6.51. The van der Waals surface area contributed by atoms with Crippen molar-refractivity contribution >= 4 is 33.4 Å². The smallest absolute Gasteiger partial charge is 0.309 e. The molecule has 28 heavy (non-hydrogen) atoms. The van der Waals surface area contributed by atoms with E-state index in [1.165, 1.54) is 23.5 Å². The summed E-state index contributed by atoms with van der Waals surface area (Å²) < 4.78 is 32.3. The van der Waals surface area contributed by atoms with Crippen LogP contribution in [0.15, 0.2) is 29.2 Å². The Kier molecular flexibility index (Phi) is 8.68. The lowest BCUT2D eigenvalue weighted by atomic mass is 10.0. The molecule has 1 saturated heterocycles. The van der Waals surface area contributed by atoms with Crippen LogP contribution in [0.25, 0.3) is 0 Å². The third-order valence-electron chi connectivity index (χ3n) is 4.55. The summed E-state index contributed by atoms with van der Waals surface area (Å²) in [5.74, 6) is -1.47. The van der Waals surface area contributed by atoms with Gasteiger partial charge in [0, 0.05) is 37.8 Å². The fourth-order valence-electron chi connectivity index (χ4n) is 3.10. The Bertz CT molecular complexity index is 770. The van der Waals surface area contributed by atoms with E-state index < -0.39 is 21.8 Å². The number of rotatable bonds is 8. The molecule has 1 heterocycles. The fourth-order valence-corrected chi connectivity index (χ4v) is 4.95. The molecule has 2 amide bonds. The van der Waals surface area contributed by atoms with E-state index in [4.69, 9.17) is 16.3 Å². The molecule has 0 aromatic heterocycles. The number of halogens is 1. The van der Waals surface area contributed by atoms with Crippen LogP contribution in [-0.2, 0) is 24.3 Å². The van der Waals surface area contributed by atoms with E-state index in [0.29, 0.717) is 31.0 Å². The van der Waals surface area contributed by atoms with Crippen molar-refractivity contribution in [2.45, 2.75) is 36.6 Å². The number of ether oxygens (including phenoxy) is 1. The van der Waals surface area contributed by atoms with Gasteiger partial charge in [0.25, 0.3) is 0 Å². The minimum absolute atomic E-state index is 0.199. The average molecular weight is 432 g/mol. The molecule has 0 spiro atoms. The maximum Gasteiger partial charge on any atom is 0.309 e. The van der Waals surface area contributed by atoms with Crippen molar-refractivity contribution < 1.29 is 22.7 Å². The van der Waals surface area contributed by atoms with Gasteiger partial charge in [-0.1, -0.05) is 18.0 Å². The molecule has 1 aliphatic heterocycles. The predicted molar refractivity (Wildman–Crippen MR) is 105 cm³/mol. The summed E-state index contributed by atoms with van der Waals surface area (Å²) >= 11 is 5.85. The average Bonchev–Trinajstić information content (AvgIpc) is 2.68. The molecule has 156 valence electrons. The van der Waals surface area contributed by atoms with Crippen molar-refractivity contribution in [3.05, 3.63) is 29.3 Å². The first-order valence-corrected chi connectivity index (χ1v) is 11.0. The zero-order valence-corrected chi connectivity index (χ0v) is 17.4. The summed E-state index contributed by atoms with van der Waals surface area (Å²) in [4.78, 5) is 23.6. The topological polar surface area (TPSA) is 105 Å². The number of sulfonamides is 1. The standard InChI is InChI=1S/C18H26ClN3O5S/c1-27-13-11-21-18(24)17(23)20-10-9-15-4-2-3-12-22(15)28(25,26)16-7-5-14(19)6-8-16/h5-8,15H,2-4,9-13H2,1H3,(H,20,23)(H,21,24)/t15-/m1/s1. The number of methoxy groups -OCH3 is 1. The Morgan fingerprint density at radius 1 is 1.14 bits per heavy atom. The predicted octanol–water partition coefficient (Wildman–Crippen LogP) is 1.15. The van der Waals surface area contributed by atoms with Crippen LogP contribution >= 0.6 is 11.6 Å². The van der Waals surface area contributed by atoms with Gasteiger partial charge < -0.3 is 15.4 Å². The van der Waals surface area contributed by atoms with Gasteiger partial charge in [0.2, 0.25) is 10.0 Å². The van der Waals surface area contributed by atoms with Gasteiger partial charge in [0.15, 0.2) is 0 Å². The molecule has 1 aliphatic rings. The van der Waals surface area contributed by atoms with Crippen LogP contribution in [0.3, 0.4) is 0 Å². The highest BCUT2D eigenvalue weighted by atomic mass is 35.5. The minimum Gasteiger partial charge on any atom is -0.383 e. The first-order valence-electron chi connectivity index (χ1n) is 9.18. The van der Waals surface area contributed by atoms with Crippen LogP contribution in [0.1, 0.15) is 25.7 Å². The van der Waals surface area contributed by atoms with Crippen molar-refractivity contribution in [3.8, 4) is 0 Å². The largest absolute Gasteiger partial charge is 0.383 e. The first-order chi connectivity index (χ1) is 13.4. The Labute approximate surface area is 170 Å². The molecule has 0 bridgehead atoms. The Hall–Kier alpha value is -1.68. The summed E-state index contributed by atoms with van der Waals surface area (Å²) in [6.45, 7) is 1.21. The van der Waals surface area contributed by atoms with Crippen molar-refractivity contribution in [2.75, 3.05) is 33.4 Å². The molecule has 8 nitrogen and oxygen atoms in total. The van der Waals surface area contributed by atoms with Gasteiger partial charge in [-0.3, -0.25) is 9.59 Å². The fraction of sp³-hybridized carbons (Fsp3) is 0.556. The number of hydrogen-bond donors (Lipinski definition) is 2. The van der Waals surface area contributed by atoms with E-state index in [1.54, 1.807) is 12.1 Å². The summed E-state index contributed by atoms with van der Waals surface area (Å²) in [6, 6.07) is 5.86. The molecule has 2 rings (SSSR count). The van der Waals surface area contributed by atoms with Crippen LogP contribution in [0, 0.1) is 0 Å². The quantitative estimate of drug-likeness (QED) is 0.474. The monoisotopic (exact) mass is 431 g/mol. The summed E-state index contributed by atoms with van der Waals surface area (Å²) in [7, 11) is -2.14. The van der Waals surface area contributed by atoms with E-state index >= 15 is 0 Å². The lowest BCUT2D eigenvalue weighted by molar-refractivity contribution is -0.139. The highest BCUT2D eigenvalue weighted by Crippen LogP contribution is 2.27.